The van der Waals surface area contributed by atoms with E-state index in [0.29, 0.717) is 11.8 Å². The van der Waals surface area contributed by atoms with Crippen molar-refractivity contribution in [1.82, 2.24) is 15.1 Å². The van der Waals surface area contributed by atoms with Gasteiger partial charge in [-0.05, 0) is 31.4 Å². The molecule has 1 aromatic carbocycles. The van der Waals surface area contributed by atoms with Crippen LogP contribution >= 0.6 is 0 Å². The first-order valence-electron chi connectivity index (χ1n) is 8.91. The number of aromatic nitrogens is 2. The molecule has 0 radical (unpaired) electrons. The number of hydrogen-bond acceptors (Lipinski definition) is 5. The van der Waals surface area contributed by atoms with E-state index in [4.69, 9.17) is 4.42 Å². The van der Waals surface area contributed by atoms with E-state index < -0.39 is 5.60 Å². The van der Waals surface area contributed by atoms with E-state index in [1.54, 1.807) is 0 Å². The fourth-order valence-corrected chi connectivity index (χ4v) is 3.56. The fourth-order valence-electron chi connectivity index (χ4n) is 3.56. The summed E-state index contributed by atoms with van der Waals surface area (Å²) in [5.41, 5.74) is 0.767. The molecule has 1 N–H and O–H groups in total. The molecule has 0 spiro atoms. The lowest BCUT2D eigenvalue weighted by atomic mass is 10.0. The van der Waals surface area contributed by atoms with Gasteiger partial charge >= 0.3 is 0 Å². The summed E-state index contributed by atoms with van der Waals surface area (Å²) in [4.78, 5) is 2.36. The summed E-state index contributed by atoms with van der Waals surface area (Å²) in [5.74, 6) is 1.32. The predicted octanol–water partition coefficient (Wildman–Crippen LogP) is 3.12. The SMILES string of the molecule is Cc1nnc(CCCN(Cc2ccccc2)CC2(O)CCCC2)o1. The lowest BCUT2D eigenvalue weighted by Gasteiger charge is -2.31. The molecule has 1 aliphatic rings. The second-order valence-electron chi connectivity index (χ2n) is 6.95. The minimum absolute atomic E-state index is 0.518. The Kier molecular flexibility index (Phi) is 5.63. The number of benzene rings is 1. The Morgan fingerprint density at radius 2 is 1.92 bits per heavy atom. The summed E-state index contributed by atoms with van der Waals surface area (Å²) < 4.78 is 5.45. The third kappa shape index (κ3) is 4.89. The standard InChI is InChI=1S/C19H27N3O2/c1-16-20-21-18(24-16)10-7-13-22(14-17-8-3-2-4-9-17)15-19(23)11-5-6-12-19/h2-4,8-9,23H,5-7,10-15H2,1H3. The van der Waals surface area contributed by atoms with Crippen molar-refractivity contribution < 1.29 is 9.52 Å². The highest BCUT2D eigenvalue weighted by Gasteiger charge is 2.32. The average molecular weight is 329 g/mol. The molecule has 5 heteroatoms. The molecule has 0 unspecified atom stereocenters. The molecule has 1 aromatic heterocycles. The Bertz CT molecular complexity index is 621. The highest BCUT2D eigenvalue weighted by Crippen LogP contribution is 2.30. The molecule has 130 valence electrons. The number of aliphatic hydroxyl groups is 1. The minimum Gasteiger partial charge on any atom is -0.426 e. The average Bonchev–Trinajstić information content (AvgIpc) is 3.17. The second kappa shape index (κ2) is 7.90. The van der Waals surface area contributed by atoms with E-state index in [2.05, 4.69) is 39.4 Å². The molecule has 0 bridgehead atoms. The Labute approximate surface area is 143 Å². The number of rotatable bonds is 8. The molecule has 1 fully saturated rings. The maximum Gasteiger partial charge on any atom is 0.216 e. The summed E-state index contributed by atoms with van der Waals surface area (Å²) in [5, 5.41) is 18.7. The lowest BCUT2D eigenvalue weighted by Crippen LogP contribution is -2.41. The van der Waals surface area contributed by atoms with E-state index in [1.165, 1.54) is 5.56 Å². The Hall–Kier alpha value is -1.72. The zero-order valence-electron chi connectivity index (χ0n) is 14.4. The summed E-state index contributed by atoms with van der Waals surface area (Å²) in [6.45, 7) is 4.34. The van der Waals surface area contributed by atoms with E-state index in [1.807, 2.05) is 13.0 Å². The van der Waals surface area contributed by atoms with Gasteiger partial charge in [-0.1, -0.05) is 43.2 Å². The van der Waals surface area contributed by atoms with Crippen LogP contribution in [0.3, 0.4) is 0 Å². The van der Waals surface area contributed by atoms with Gasteiger partial charge in [0.05, 0.1) is 5.60 Å². The Balaban J connectivity index is 1.58. The first-order chi connectivity index (χ1) is 11.6. The normalized spacial score (nSPS) is 16.8. The highest BCUT2D eigenvalue weighted by atomic mass is 16.4. The molecule has 0 aliphatic heterocycles. The van der Waals surface area contributed by atoms with Crippen molar-refractivity contribution in [2.75, 3.05) is 13.1 Å². The fraction of sp³-hybridized carbons (Fsp3) is 0.579. The van der Waals surface area contributed by atoms with Crippen molar-refractivity contribution in [2.45, 2.75) is 57.6 Å². The summed E-state index contributed by atoms with van der Waals surface area (Å²) in [7, 11) is 0. The summed E-state index contributed by atoms with van der Waals surface area (Å²) in [6, 6.07) is 10.5. The maximum absolute atomic E-state index is 10.8. The molecular weight excluding hydrogens is 302 g/mol. The van der Waals surface area contributed by atoms with Gasteiger partial charge in [-0.2, -0.15) is 0 Å². The van der Waals surface area contributed by atoms with Crippen molar-refractivity contribution >= 4 is 0 Å². The van der Waals surface area contributed by atoms with Crippen LogP contribution in [-0.4, -0.2) is 38.9 Å². The largest absolute Gasteiger partial charge is 0.426 e. The first-order valence-corrected chi connectivity index (χ1v) is 8.91. The van der Waals surface area contributed by atoms with Crippen LogP contribution in [0.2, 0.25) is 0 Å². The number of hydrogen-bond donors (Lipinski definition) is 1. The third-order valence-electron chi connectivity index (χ3n) is 4.73. The smallest absolute Gasteiger partial charge is 0.216 e. The lowest BCUT2D eigenvalue weighted by molar-refractivity contribution is 0.00662. The molecular formula is C19H27N3O2. The predicted molar refractivity (Wildman–Crippen MR) is 92.5 cm³/mol. The third-order valence-corrected chi connectivity index (χ3v) is 4.73. The second-order valence-corrected chi connectivity index (χ2v) is 6.95. The molecule has 3 rings (SSSR count). The topological polar surface area (TPSA) is 62.4 Å². The van der Waals surface area contributed by atoms with Crippen molar-refractivity contribution in [2.24, 2.45) is 0 Å². The van der Waals surface area contributed by atoms with Crippen molar-refractivity contribution in [3.05, 3.63) is 47.7 Å². The van der Waals surface area contributed by atoms with Gasteiger partial charge in [0.1, 0.15) is 0 Å². The van der Waals surface area contributed by atoms with Crippen molar-refractivity contribution in [1.29, 1.82) is 0 Å². The molecule has 0 amide bonds. The Morgan fingerprint density at radius 3 is 2.58 bits per heavy atom. The van der Waals surface area contributed by atoms with Gasteiger partial charge in [0.2, 0.25) is 11.8 Å². The van der Waals surface area contributed by atoms with Gasteiger partial charge in [-0.25, -0.2) is 0 Å². The Morgan fingerprint density at radius 1 is 1.17 bits per heavy atom. The van der Waals surface area contributed by atoms with Gasteiger partial charge in [-0.15, -0.1) is 10.2 Å². The summed E-state index contributed by atoms with van der Waals surface area (Å²) >= 11 is 0. The maximum atomic E-state index is 10.8. The van der Waals surface area contributed by atoms with Crippen LogP contribution in [0.4, 0.5) is 0 Å². The van der Waals surface area contributed by atoms with Crippen LogP contribution in [0.25, 0.3) is 0 Å². The molecule has 24 heavy (non-hydrogen) atoms. The molecule has 0 atom stereocenters. The van der Waals surface area contributed by atoms with Crippen LogP contribution in [0.15, 0.2) is 34.7 Å². The molecule has 2 aromatic rings. The molecule has 0 saturated heterocycles. The monoisotopic (exact) mass is 329 g/mol. The van der Waals surface area contributed by atoms with E-state index in [0.717, 1.165) is 58.2 Å². The number of nitrogens with zero attached hydrogens (tertiary/aromatic N) is 3. The highest BCUT2D eigenvalue weighted by molar-refractivity contribution is 5.14. The first kappa shape index (κ1) is 17.1. The van der Waals surface area contributed by atoms with Crippen molar-refractivity contribution in [3.8, 4) is 0 Å². The van der Waals surface area contributed by atoms with Gasteiger partial charge in [0.25, 0.3) is 0 Å². The van der Waals surface area contributed by atoms with Gasteiger partial charge in [-0.3, -0.25) is 4.90 Å². The minimum atomic E-state index is -0.518. The van der Waals surface area contributed by atoms with E-state index >= 15 is 0 Å². The van der Waals surface area contributed by atoms with Crippen LogP contribution in [0.1, 0.15) is 49.4 Å². The van der Waals surface area contributed by atoms with Crippen LogP contribution in [0, 0.1) is 6.92 Å². The van der Waals surface area contributed by atoms with Crippen LogP contribution in [0.5, 0.6) is 0 Å². The zero-order valence-corrected chi connectivity index (χ0v) is 14.4. The molecule has 5 nitrogen and oxygen atoms in total. The van der Waals surface area contributed by atoms with Crippen LogP contribution in [-0.2, 0) is 13.0 Å². The van der Waals surface area contributed by atoms with Gasteiger partial charge in [0, 0.05) is 26.4 Å². The van der Waals surface area contributed by atoms with Crippen LogP contribution < -0.4 is 0 Å². The van der Waals surface area contributed by atoms with Gasteiger partial charge in [0.15, 0.2) is 0 Å². The van der Waals surface area contributed by atoms with E-state index in [-0.39, 0.29) is 0 Å². The number of aryl methyl sites for hydroxylation is 2. The molecule has 1 heterocycles. The quantitative estimate of drug-likeness (QED) is 0.806. The van der Waals surface area contributed by atoms with E-state index in [9.17, 15) is 5.11 Å². The molecule has 1 saturated carbocycles. The zero-order chi connectivity index (χ0) is 16.8. The summed E-state index contributed by atoms with van der Waals surface area (Å²) in [6.07, 6.45) is 5.84. The molecule has 1 aliphatic carbocycles. The van der Waals surface area contributed by atoms with Crippen molar-refractivity contribution in [3.63, 3.8) is 0 Å². The van der Waals surface area contributed by atoms with Gasteiger partial charge < -0.3 is 9.52 Å².